The Morgan fingerprint density at radius 1 is 1.27 bits per heavy atom. The number of aryl methyl sites for hydroxylation is 1. The number of benzene rings is 1. The van der Waals surface area contributed by atoms with E-state index >= 15 is 0 Å². The minimum absolute atomic E-state index is 0.0298. The Bertz CT molecular complexity index is 929. The number of alkyl halides is 3. The molecule has 9 heteroatoms. The molecule has 0 unspecified atom stereocenters. The molecule has 1 aromatic carbocycles. The fourth-order valence-corrected chi connectivity index (χ4v) is 3.38. The molecule has 3 rings (SSSR count). The van der Waals surface area contributed by atoms with Crippen LogP contribution in [0.25, 0.3) is 0 Å². The first-order valence-corrected chi connectivity index (χ1v) is 9.54. The molecule has 0 saturated carbocycles. The van der Waals surface area contributed by atoms with E-state index in [-0.39, 0.29) is 30.2 Å². The van der Waals surface area contributed by atoms with Gasteiger partial charge < -0.3 is 10.2 Å². The molecule has 6 nitrogen and oxygen atoms in total. The number of halogens is 3. The van der Waals surface area contributed by atoms with Gasteiger partial charge in [0.15, 0.2) is 0 Å². The smallest absolute Gasteiger partial charge is 0.325 e. The lowest BCUT2D eigenvalue weighted by Crippen LogP contribution is -2.42. The fourth-order valence-electron chi connectivity index (χ4n) is 3.38. The van der Waals surface area contributed by atoms with E-state index in [0.29, 0.717) is 12.2 Å². The minimum Gasteiger partial charge on any atom is -0.325 e. The van der Waals surface area contributed by atoms with Crippen molar-refractivity contribution in [1.29, 1.82) is 0 Å². The molecular weight excluding hydrogens is 397 g/mol. The van der Waals surface area contributed by atoms with E-state index in [2.05, 4.69) is 10.3 Å². The minimum atomic E-state index is -4.50. The predicted octanol–water partition coefficient (Wildman–Crippen LogP) is 4.31. The average Bonchev–Trinajstić information content (AvgIpc) is 2.98. The summed E-state index contributed by atoms with van der Waals surface area (Å²) in [6.45, 7) is 5.89. The summed E-state index contributed by atoms with van der Waals surface area (Å²) >= 11 is 0. The number of hydrogen-bond donors (Lipinski definition) is 1. The van der Waals surface area contributed by atoms with Crippen LogP contribution in [0.2, 0.25) is 0 Å². The van der Waals surface area contributed by atoms with Gasteiger partial charge in [0.25, 0.3) is 0 Å². The molecule has 1 aliphatic heterocycles. The highest BCUT2D eigenvalue weighted by Gasteiger charge is 2.40. The monoisotopic (exact) mass is 420 g/mol. The molecule has 1 aliphatic rings. The van der Waals surface area contributed by atoms with Crippen molar-refractivity contribution in [2.75, 3.05) is 23.3 Å². The van der Waals surface area contributed by atoms with Gasteiger partial charge in [-0.1, -0.05) is 19.9 Å². The number of carbonyl (C=O) groups is 2. The highest BCUT2D eigenvalue weighted by Crippen LogP contribution is 2.31. The Morgan fingerprint density at radius 3 is 2.60 bits per heavy atom. The zero-order chi connectivity index (χ0) is 22.1. The second-order valence-electron chi connectivity index (χ2n) is 7.62. The molecule has 2 heterocycles. The molecule has 1 atom stereocenters. The van der Waals surface area contributed by atoms with Crippen LogP contribution >= 0.6 is 0 Å². The van der Waals surface area contributed by atoms with Gasteiger partial charge >= 0.3 is 12.2 Å². The molecule has 0 bridgehead atoms. The quantitative estimate of drug-likeness (QED) is 0.784. The summed E-state index contributed by atoms with van der Waals surface area (Å²) in [6, 6.07) is 7.45. The van der Waals surface area contributed by atoms with Gasteiger partial charge in [0, 0.05) is 17.9 Å². The second-order valence-corrected chi connectivity index (χ2v) is 7.62. The molecule has 2 aromatic rings. The van der Waals surface area contributed by atoms with E-state index < -0.39 is 17.6 Å². The number of rotatable bonds is 5. The Morgan fingerprint density at radius 2 is 2.00 bits per heavy atom. The first-order chi connectivity index (χ1) is 14.1. The van der Waals surface area contributed by atoms with Crippen molar-refractivity contribution in [2.45, 2.75) is 33.0 Å². The molecule has 30 heavy (non-hydrogen) atoms. The topological polar surface area (TPSA) is 65.5 Å². The number of amides is 3. The maximum Gasteiger partial charge on any atom is 0.416 e. The third-order valence-electron chi connectivity index (χ3n) is 5.01. The van der Waals surface area contributed by atoms with Crippen LogP contribution in [0.4, 0.5) is 29.3 Å². The summed E-state index contributed by atoms with van der Waals surface area (Å²) in [5.74, 6) is -0.476. The number of nitrogens with zero attached hydrogens (tertiary/aromatic N) is 3. The number of nitrogens with one attached hydrogen (secondary N) is 1. The summed E-state index contributed by atoms with van der Waals surface area (Å²) in [6.07, 6.45) is -2.90. The third kappa shape index (κ3) is 4.72. The molecule has 160 valence electrons. The number of urea groups is 1. The lowest BCUT2D eigenvalue weighted by Gasteiger charge is -2.25. The Kier molecular flexibility index (Phi) is 6.00. The number of aromatic nitrogens is 1. The maximum atomic E-state index is 13.0. The van der Waals surface area contributed by atoms with E-state index in [0.717, 1.165) is 17.8 Å². The molecule has 1 saturated heterocycles. The average molecular weight is 420 g/mol. The molecule has 1 N–H and O–H groups in total. The highest BCUT2D eigenvalue weighted by molar-refractivity contribution is 5.99. The van der Waals surface area contributed by atoms with Gasteiger partial charge in [-0.25, -0.2) is 4.79 Å². The zero-order valence-corrected chi connectivity index (χ0v) is 16.9. The largest absolute Gasteiger partial charge is 0.416 e. The third-order valence-corrected chi connectivity index (χ3v) is 5.01. The lowest BCUT2D eigenvalue weighted by molar-refractivity contribution is -0.137. The molecule has 0 spiro atoms. The van der Waals surface area contributed by atoms with Gasteiger partial charge in [-0.05, 0) is 43.2 Å². The van der Waals surface area contributed by atoms with Gasteiger partial charge in [0.2, 0.25) is 5.91 Å². The summed E-state index contributed by atoms with van der Waals surface area (Å²) < 4.78 is 38.6. The van der Waals surface area contributed by atoms with Crippen molar-refractivity contribution in [2.24, 2.45) is 5.92 Å². The number of carbonyl (C=O) groups excluding carboxylic acids is 2. The van der Waals surface area contributed by atoms with Crippen LogP contribution in [-0.4, -0.2) is 41.0 Å². The van der Waals surface area contributed by atoms with Crippen molar-refractivity contribution in [3.8, 4) is 0 Å². The van der Waals surface area contributed by atoms with Crippen molar-refractivity contribution in [3.05, 3.63) is 53.9 Å². The van der Waals surface area contributed by atoms with Crippen molar-refractivity contribution in [1.82, 2.24) is 9.88 Å². The van der Waals surface area contributed by atoms with Gasteiger partial charge in [-0.15, -0.1) is 0 Å². The van der Waals surface area contributed by atoms with Crippen LogP contribution in [0.15, 0.2) is 42.6 Å². The molecular formula is C21H23F3N4O2. The summed E-state index contributed by atoms with van der Waals surface area (Å²) in [4.78, 5) is 32.7. The first-order valence-electron chi connectivity index (χ1n) is 9.54. The van der Waals surface area contributed by atoms with Crippen molar-refractivity contribution >= 4 is 23.3 Å². The first kappa shape index (κ1) is 21.6. The number of pyridine rings is 1. The lowest BCUT2D eigenvalue weighted by atomic mass is 10.0. The van der Waals surface area contributed by atoms with Crippen LogP contribution in [-0.2, 0) is 11.0 Å². The summed E-state index contributed by atoms with van der Waals surface area (Å²) in [5, 5.41) is 2.46. The summed E-state index contributed by atoms with van der Waals surface area (Å²) in [7, 11) is 0. The van der Waals surface area contributed by atoms with Gasteiger partial charge in [-0.3, -0.25) is 14.7 Å². The van der Waals surface area contributed by atoms with Crippen molar-refractivity contribution in [3.63, 3.8) is 0 Å². The van der Waals surface area contributed by atoms with Crippen LogP contribution in [0.5, 0.6) is 0 Å². The summed E-state index contributed by atoms with van der Waals surface area (Å²) in [5.41, 5.74) is 0.637. The van der Waals surface area contributed by atoms with Crippen LogP contribution < -0.4 is 10.2 Å². The van der Waals surface area contributed by atoms with Crippen LogP contribution in [0.3, 0.4) is 0 Å². The molecule has 3 amide bonds. The van der Waals surface area contributed by atoms with E-state index in [1.54, 1.807) is 23.2 Å². The normalized spacial score (nSPS) is 17.0. The van der Waals surface area contributed by atoms with Gasteiger partial charge in [0.05, 0.1) is 23.5 Å². The SMILES string of the molecule is Cc1ccc(N2C[C@H](C(C)C)N(CC(=O)Nc3cccc(C(F)(F)F)c3)C2=O)cn1. The Balaban J connectivity index is 1.74. The molecule has 1 aromatic heterocycles. The maximum absolute atomic E-state index is 13.0. The molecule has 0 aliphatic carbocycles. The second kappa shape index (κ2) is 8.33. The van der Waals surface area contributed by atoms with E-state index in [4.69, 9.17) is 0 Å². The predicted molar refractivity (Wildman–Crippen MR) is 107 cm³/mol. The van der Waals surface area contributed by atoms with Crippen LogP contribution in [0.1, 0.15) is 25.1 Å². The number of anilines is 2. The molecule has 0 radical (unpaired) electrons. The highest BCUT2D eigenvalue weighted by atomic mass is 19.4. The van der Waals surface area contributed by atoms with E-state index in [9.17, 15) is 22.8 Å². The Hall–Kier alpha value is -3.10. The number of hydrogen-bond acceptors (Lipinski definition) is 3. The van der Waals surface area contributed by atoms with Crippen LogP contribution in [0, 0.1) is 12.8 Å². The fraction of sp³-hybridized carbons (Fsp3) is 0.381. The van der Waals surface area contributed by atoms with Gasteiger partial charge in [0.1, 0.15) is 6.54 Å². The van der Waals surface area contributed by atoms with Gasteiger partial charge in [-0.2, -0.15) is 13.2 Å². The standard InChI is InChI=1S/C21H23F3N4O2/c1-13(2)18-11-27(17-8-7-14(3)25-10-17)20(30)28(18)12-19(29)26-16-6-4-5-15(9-16)21(22,23)24/h4-10,13,18H,11-12H2,1-3H3,(H,26,29)/t18-/m1/s1. The zero-order valence-electron chi connectivity index (χ0n) is 16.9. The molecule has 1 fully saturated rings. The van der Waals surface area contributed by atoms with E-state index in [1.165, 1.54) is 17.0 Å². The van der Waals surface area contributed by atoms with E-state index in [1.807, 2.05) is 20.8 Å². The Labute approximate surface area is 172 Å². The van der Waals surface area contributed by atoms with Crippen molar-refractivity contribution < 1.29 is 22.8 Å².